The van der Waals surface area contributed by atoms with Gasteiger partial charge in [-0.05, 0) is 18.2 Å². The Bertz CT molecular complexity index is 655. The zero-order valence-corrected chi connectivity index (χ0v) is 12.8. The molecule has 9 heteroatoms. The molecule has 0 saturated carbocycles. The predicted octanol–water partition coefficient (Wildman–Crippen LogP) is 0.253. The molecule has 7 nitrogen and oxygen atoms in total. The van der Waals surface area contributed by atoms with E-state index in [2.05, 4.69) is 10.0 Å². The molecule has 0 spiro atoms. The molecule has 0 fully saturated rings. The first-order valence-corrected chi connectivity index (χ1v) is 7.72. The number of methoxy groups -OCH3 is 1. The zero-order chi connectivity index (χ0) is 15.9. The van der Waals surface area contributed by atoms with Gasteiger partial charge >= 0.3 is 0 Å². The molecule has 1 aromatic carbocycles. The van der Waals surface area contributed by atoms with Gasteiger partial charge in [0, 0.05) is 13.7 Å². The van der Waals surface area contributed by atoms with Crippen molar-refractivity contribution in [3.05, 3.63) is 28.8 Å². The Labute approximate surface area is 127 Å². The van der Waals surface area contributed by atoms with E-state index in [1.54, 1.807) is 0 Å². The lowest BCUT2D eigenvalue weighted by Crippen LogP contribution is -2.38. The second-order valence-corrected chi connectivity index (χ2v) is 6.07. The number of nitrogens with one attached hydrogen (secondary N) is 2. The number of sulfonamides is 1. The van der Waals surface area contributed by atoms with E-state index in [4.69, 9.17) is 21.6 Å². The normalized spacial score (nSPS) is 10.9. The Kier molecular flexibility index (Phi) is 6.58. The largest absolute Gasteiger partial charge is 0.383 e. The highest BCUT2D eigenvalue weighted by Gasteiger charge is 2.19. The van der Waals surface area contributed by atoms with Gasteiger partial charge in [-0.3, -0.25) is 4.79 Å². The van der Waals surface area contributed by atoms with Crippen LogP contribution in [0.4, 0.5) is 0 Å². The standard InChI is InChI=1S/C12H14ClN3O4S/c1-20-5-4-15-12(17)8-16-21(18,19)11-3-2-9(7-14)6-10(11)13/h2-3,6,16H,4-5,8H2,1H3,(H,15,17). The maximum absolute atomic E-state index is 12.0. The minimum Gasteiger partial charge on any atom is -0.383 e. The number of ether oxygens (including phenoxy) is 1. The lowest BCUT2D eigenvalue weighted by atomic mass is 10.2. The first-order chi connectivity index (χ1) is 9.90. The van der Waals surface area contributed by atoms with Crippen molar-refractivity contribution >= 4 is 27.5 Å². The van der Waals surface area contributed by atoms with Crippen LogP contribution in [-0.2, 0) is 19.6 Å². The number of carbonyl (C=O) groups is 1. The molecule has 1 amide bonds. The monoisotopic (exact) mass is 331 g/mol. The van der Waals surface area contributed by atoms with E-state index in [0.29, 0.717) is 6.61 Å². The van der Waals surface area contributed by atoms with Gasteiger partial charge in [-0.25, -0.2) is 13.1 Å². The molecular formula is C12H14ClN3O4S. The van der Waals surface area contributed by atoms with Crippen LogP contribution in [0, 0.1) is 11.3 Å². The molecule has 0 aromatic heterocycles. The second kappa shape index (κ2) is 7.95. The zero-order valence-electron chi connectivity index (χ0n) is 11.2. The number of halogens is 1. The number of hydrogen-bond donors (Lipinski definition) is 2. The van der Waals surface area contributed by atoms with Crippen molar-refractivity contribution < 1.29 is 17.9 Å². The highest BCUT2D eigenvalue weighted by molar-refractivity contribution is 7.89. The van der Waals surface area contributed by atoms with Gasteiger partial charge in [-0.2, -0.15) is 5.26 Å². The Hall–Kier alpha value is -1.66. The van der Waals surface area contributed by atoms with Crippen LogP contribution in [0.15, 0.2) is 23.1 Å². The minimum absolute atomic E-state index is 0.0821. The summed E-state index contributed by atoms with van der Waals surface area (Å²) in [6.45, 7) is 0.205. The molecule has 0 atom stereocenters. The molecule has 0 aliphatic heterocycles. The summed E-state index contributed by atoms with van der Waals surface area (Å²) < 4.78 is 30.9. The van der Waals surface area contributed by atoms with Crippen LogP contribution in [0.2, 0.25) is 5.02 Å². The van der Waals surface area contributed by atoms with Gasteiger partial charge in [0.15, 0.2) is 0 Å². The highest BCUT2D eigenvalue weighted by atomic mass is 35.5. The van der Waals surface area contributed by atoms with Gasteiger partial charge in [-0.1, -0.05) is 11.6 Å². The van der Waals surface area contributed by atoms with Crippen LogP contribution >= 0.6 is 11.6 Å². The number of nitriles is 1. The van der Waals surface area contributed by atoms with Crippen LogP contribution in [0.1, 0.15) is 5.56 Å². The molecule has 2 N–H and O–H groups in total. The van der Waals surface area contributed by atoms with E-state index in [-0.39, 0.29) is 22.0 Å². The summed E-state index contributed by atoms with van der Waals surface area (Å²) in [5.74, 6) is -0.486. The van der Waals surface area contributed by atoms with Crippen molar-refractivity contribution in [2.75, 3.05) is 26.8 Å². The molecule has 0 aliphatic carbocycles. The summed E-state index contributed by atoms with van der Waals surface area (Å²) >= 11 is 5.82. The average molecular weight is 332 g/mol. The van der Waals surface area contributed by atoms with Crippen molar-refractivity contribution in [3.63, 3.8) is 0 Å². The van der Waals surface area contributed by atoms with E-state index >= 15 is 0 Å². The first kappa shape index (κ1) is 17.4. The van der Waals surface area contributed by atoms with Crippen LogP contribution in [-0.4, -0.2) is 41.1 Å². The van der Waals surface area contributed by atoms with Crippen molar-refractivity contribution in [2.45, 2.75) is 4.90 Å². The minimum atomic E-state index is -3.93. The maximum atomic E-state index is 12.0. The summed E-state index contributed by atoms with van der Waals surface area (Å²) in [5.41, 5.74) is 0.247. The van der Waals surface area contributed by atoms with Gasteiger partial charge in [0.1, 0.15) is 4.90 Å². The fourth-order valence-corrected chi connectivity index (χ4v) is 2.91. The van der Waals surface area contributed by atoms with E-state index in [1.807, 2.05) is 6.07 Å². The third-order valence-corrected chi connectivity index (χ3v) is 4.29. The lowest BCUT2D eigenvalue weighted by molar-refractivity contribution is -0.120. The van der Waals surface area contributed by atoms with Crippen LogP contribution in [0.5, 0.6) is 0 Å². The number of rotatable bonds is 7. The van der Waals surface area contributed by atoms with Gasteiger partial charge in [-0.15, -0.1) is 0 Å². The Morgan fingerprint density at radius 3 is 2.76 bits per heavy atom. The highest BCUT2D eigenvalue weighted by Crippen LogP contribution is 2.22. The van der Waals surface area contributed by atoms with Gasteiger partial charge in [0.2, 0.25) is 15.9 Å². The van der Waals surface area contributed by atoms with Crippen LogP contribution in [0.25, 0.3) is 0 Å². The topological polar surface area (TPSA) is 108 Å². The maximum Gasteiger partial charge on any atom is 0.242 e. The molecule has 0 aliphatic rings. The fraction of sp³-hybridized carbons (Fsp3) is 0.333. The molecule has 114 valence electrons. The smallest absolute Gasteiger partial charge is 0.242 e. The van der Waals surface area contributed by atoms with Crippen LogP contribution in [0.3, 0.4) is 0 Å². The quantitative estimate of drug-likeness (QED) is 0.696. The van der Waals surface area contributed by atoms with Gasteiger partial charge in [0.05, 0.1) is 29.8 Å². The third kappa shape index (κ3) is 5.32. The van der Waals surface area contributed by atoms with Crippen molar-refractivity contribution in [2.24, 2.45) is 0 Å². The molecule has 0 saturated heterocycles. The molecule has 0 heterocycles. The number of benzene rings is 1. The summed E-state index contributed by atoms with van der Waals surface area (Å²) in [7, 11) is -2.44. The van der Waals surface area contributed by atoms with E-state index in [1.165, 1.54) is 25.3 Å². The number of carbonyl (C=O) groups excluding carboxylic acids is 1. The molecule has 1 aromatic rings. The first-order valence-electron chi connectivity index (χ1n) is 5.85. The van der Waals surface area contributed by atoms with Crippen LogP contribution < -0.4 is 10.0 Å². The number of hydrogen-bond acceptors (Lipinski definition) is 5. The van der Waals surface area contributed by atoms with Gasteiger partial charge < -0.3 is 10.1 Å². The third-order valence-electron chi connectivity index (χ3n) is 2.40. The number of nitrogens with zero attached hydrogens (tertiary/aromatic N) is 1. The molecule has 21 heavy (non-hydrogen) atoms. The SMILES string of the molecule is COCCNC(=O)CNS(=O)(=O)c1ccc(C#N)cc1Cl. The Morgan fingerprint density at radius 2 is 2.19 bits per heavy atom. The predicted molar refractivity (Wildman–Crippen MR) is 76.2 cm³/mol. The number of amides is 1. The van der Waals surface area contributed by atoms with Crippen molar-refractivity contribution in [3.8, 4) is 6.07 Å². The van der Waals surface area contributed by atoms with Crippen molar-refractivity contribution in [1.29, 1.82) is 5.26 Å². The summed E-state index contributed by atoms with van der Waals surface area (Å²) in [5, 5.41) is 11.1. The molecule has 1 rings (SSSR count). The second-order valence-electron chi connectivity index (χ2n) is 3.92. The molecule has 0 radical (unpaired) electrons. The van der Waals surface area contributed by atoms with Gasteiger partial charge in [0.25, 0.3) is 0 Å². The average Bonchev–Trinajstić information content (AvgIpc) is 2.45. The van der Waals surface area contributed by atoms with Crippen molar-refractivity contribution in [1.82, 2.24) is 10.0 Å². The van der Waals surface area contributed by atoms with E-state index in [0.717, 1.165) is 0 Å². The van der Waals surface area contributed by atoms with E-state index in [9.17, 15) is 13.2 Å². The fourth-order valence-electron chi connectivity index (χ4n) is 1.38. The Morgan fingerprint density at radius 1 is 1.48 bits per heavy atom. The summed E-state index contributed by atoms with van der Waals surface area (Å²) in [4.78, 5) is 11.2. The van der Waals surface area contributed by atoms with E-state index < -0.39 is 22.5 Å². The summed E-state index contributed by atoms with van der Waals surface area (Å²) in [6.07, 6.45) is 0. The lowest BCUT2D eigenvalue weighted by Gasteiger charge is -2.09. The molecule has 0 unspecified atom stereocenters. The molecular weight excluding hydrogens is 318 g/mol. The Balaban J connectivity index is 2.70. The summed E-state index contributed by atoms with van der Waals surface area (Å²) in [6, 6.07) is 5.64. The molecule has 0 bridgehead atoms.